The van der Waals surface area contributed by atoms with Gasteiger partial charge in [0.2, 0.25) is 0 Å². The number of amides is 1. The third kappa shape index (κ3) is 3.12. The van der Waals surface area contributed by atoms with Gasteiger partial charge in [-0.05, 0) is 31.5 Å². The molecule has 0 aliphatic rings. The van der Waals surface area contributed by atoms with Crippen LogP contribution in [-0.2, 0) is 0 Å². The molecule has 0 bridgehead atoms. The Morgan fingerprint density at radius 2 is 2.13 bits per heavy atom. The van der Waals surface area contributed by atoms with Gasteiger partial charge in [-0.1, -0.05) is 29.5 Å². The van der Waals surface area contributed by atoms with Crippen molar-refractivity contribution in [3.63, 3.8) is 0 Å². The van der Waals surface area contributed by atoms with E-state index in [0.717, 1.165) is 15.8 Å². The van der Waals surface area contributed by atoms with Crippen LogP contribution in [-0.4, -0.2) is 17.5 Å². The molecule has 0 fully saturated rings. The highest BCUT2D eigenvalue weighted by molar-refractivity contribution is 7.22. The Labute approximate surface area is 138 Å². The molecule has 3 rings (SSSR count). The van der Waals surface area contributed by atoms with E-state index in [9.17, 15) is 4.79 Å². The van der Waals surface area contributed by atoms with Crippen molar-refractivity contribution in [1.29, 1.82) is 0 Å². The Hall–Kier alpha value is -2.60. The van der Waals surface area contributed by atoms with Gasteiger partial charge in [-0.3, -0.25) is 4.79 Å². The van der Waals surface area contributed by atoms with Crippen LogP contribution in [0.5, 0.6) is 5.75 Å². The zero-order chi connectivity index (χ0) is 16.4. The summed E-state index contributed by atoms with van der Waals surface area (Å²) in [6.45, 7) is 4.33. The largest absolute Gasteiger partial charge is 0.491 e. The Balaban J connectivity index is 1.96. The molecule has 3 aromatic rings. The normalized spacial score (nSPS) is 10.7. The topological polar surface area (TPSA) is 77.2 Å². The second-order valence-corrected chi connectivity index (χ2v) is 6.14. The second-order valence-electron chi connectivity index (χ2n) is 5.08. The number of nitrogens with one attached hydrogen (secondary N) is 1. The zero-order valence-electron chi connectivity index (χ0n) is 12.9. The summed E-state index contributed by atoms with van der Waals surface area (Å²) in [6, 6.07) is 11.1. The van der Waals surface area contributed by atoms with Crippen LogP contribution < -0.4 is 15.8 Å². The number of aryl methyl sites for hydroxylation is 1. The first kappa shape index (κ1) is 15.3. The summed E-state index contributed by atoms with van der Waals surface area (Å²) in [4.78, 5) is 16.7. The average Bonchev–Trinajstić information content (AvgIpc) is 2.88. The van der Waals surface area contributed by atoms with Crippen LogP contribution in [0.1, 0.15) is 22.8 Å². The number of thiazole rings is 1. The molecule has 1 heterocycles. The molecular weight excluding hydrogens is 310 g/mol. The summed E-state index contributed by atoms with van der Waals surface area (Å²) in [6.07, 6.45) is 0. The fourth-order valence-electron chi connectivity index (χ4n) is 2.38. The van der Waals surface area contributed by atoms with Gasteiger partial charge in [-0.2, -0.15) is 0 Å². The number of carbonyl (C=O) groups excluding carboxylic acids is 1. The van der Waals surface area contributed by atoms with Crippen molar-refractivity contribution in [2.24, 2.45) is 0 Å². The molecule has 0 saturated heterocycles. The molecule has 118 valence electrons. The maximum absolute atomic E-state index is 12.5. The predicted octanol–water partition coefficient (Wildman–Crippen LogP) is 3.84. The minimum absolute atomic E-state index is 0.151. The number of carbonyl (C=O) groups is 1. The number of hydrogen-bond donors (Lipinski definition) is 2. The number of benzene rings is 2. The van der Waals surface area contributed by atoms with Crippen molar-refractivity contribution in [2.75, 3.05) is 17.7 Å². The molecule has 3 N–H and O–H groups in total. The Morgan fingerprint density at radius 3 is 2.87 bits per heavy atom. The van der Waals surface area contributed by atoms with Gasteiger partial charge in [0, 0.05) is 17.3 Å². The maximum atomic E-state index is 12.5. The quantitative estimate of drug-likeness (QED) is 0.763. The number of nitrogens with zero attached hydrogens (tertiary/aromatic N) is 1. The van der Waals surface area contributed by atoms with Crippen molar-refractivity contribution < 1.29 is 9.53 Å². The molecule has 5 nitrogen and oxygen atoms in total. The summed E-state index contributed by atoms with van der Waals surface area (Å²) < 4.78 is 6.50. The smallest absolute Gasteiger partial charge is 0.255 e. The SMILES string of the molecule is CCOc1cc(NC(=O)c2ccccc2C)cc2sc(N)nc12. The van der Waals surface area contributed by atoms with E-state index in [0.29, 0.717) is 28.7 Å². The molecule has 1 aromatic heterocycles. The van der Waals surface area contributed by atoms with Crippen LogP contribution in [0.3, 0.4) is 0 Å². The number of nitrogen functional groups attached to an aromatic ring is 1. The molecule has 2 aromatic carbocycles. The van der Waals surface area contributed by atoms with E-state index in [1.54, 1.807) is 12.1 Å². The van der Waals surface area contributed by atoms with E-state index in [1.165, 1.54) is 11.3 Å². The Morgan fingerprint density at radius 1 is 1.35 bits per heavy atom. The van der Waals surface area contributed by atoms with E-state index >= 15 is 0 Å². The van der Waals surface area contributed by atoms with Crippen LogP contribution in [0.15, 0.2) is 36.4 Å². The van der Waals surface area contributed by atoms with Gasteiger partial charge in [0.25, 0.3) is 5.91 Å². The number of hydrogen-bond acceptors (Lipinski definition) is 5. The van der Waals surface area contributed by atoms with Crippen LogP contribution in [0.2, 0.25) is 0 Å². The van der Waals surface area contributed by atoms with Crippen LogP contribution in [0, 0.1) is 6.92 Å². The summed E-state index contributed by atoms with van der Waals surface area (Å²) in [5.41, 5.74) is 8.75. The van der Waals surface area contributed by atoms with Gasteiger partial charge in [0.15, 0.2) is 5.13 Å². The van der Waals surface area contributed by atoms with E-state index in [-0.39, 0.29) is 5.91 Å². The number of fused-ring (bicyclic) bond motifs is 1. The fraction of sp³-hybridized carbons (Fsp3) is 0.176. The van der Waals surface area contributed by atoms with Gasteiger partial charge in [0.05, 0.1) is 11.3 Å². The lowest BCUT2D eigenvalue weighted by atomic mass is 10.1. The van der Waals surface area contributed by atoms with Gasteiger partial charge in [-0.25, -0.2) is 4.98 Å². The Kier molecular flexibility index (Phi) is 4.16. The molecule has 0 saturated carbocycles. The predicted molar refractivity (Wildman–Crippen MR) is 94.3 cm³/mol. The lowest BCUT2D eigenvalue weighted by molar-refractivity contribution is 0.102. The lowest BCUT2D eigenvalue weighted by Crippen LogP contribution is -2.13. The van der Waals surface area contributed by atoms with Gasteiger partial charge >= 0.3 is 0 Å². The summed E-state index contributed by atoms with van der Waals surface area (Å²) in [7, 11) is 0. The number of aromatic nitrogens is 1. The highest BCUT2D eigenvalue weighted by Crippen LogP contribution is 2.34. The average molecular weight is 327 g/mol. The molecule has 0 aliphatic heterocycles. The van der Waals surface area contributed by atoms with E-state index < -0.39 is 0 Å². The molecule has 0 aliphatic carbocycles. The summed E-state index contributed by atoms with van der Waals surface area (Å²) >= 11 is 1.37. The van der Waals surface area contributed by atoms with Crippen molar-refractivity contribution in [2.45, 2.75) is 13.8 Å². The number of rotatable bonds is 4. The molecule has 0 unspecified atom stereocenters. The first-order valence-electron chi connectivity index (χ1n) is 7.28. The molecular formula is C17H17N3O2S. The third-order valence-electron chi connectivity index (χ3n) is 3.42. The fourth-order valence-corrected chi connectivity index (χ4v) is 3.17. The highest BCUT2D eigenvalue weighted by Gasteiger charge is 2.13. The summed E-state index contributed by atoms with van der Waals surface area (Å²) in [5, 5.41) is 3.39. The lowest BCUT2D eigenvalue weighted by Gasteiger charge is -2.10. The van der Waals surface area contributed by atoms with Crippen LogP contribution in [0.25, 0.3) is 10.2 Å². The molecule has 0 radical (unpaired) electrons. The molecule has 23 heavy (non-hydrogen) atoms. The number of ether oxygens (including phenoxy) is 1. The number of anilines is 2. The monoisotopic (exact) mass is 327 g/mol. The minimum Gasteiger partial charge on any atom is -0.491 e. The van der Waals surface area contributed by atoms with Crippen molar-refractivity contribution in [3.8, 4) is 5.75 Å². The van der Waals surface area contributed by atoms with Gasteiger partial charge in [0.1, 0.15) is 11.3 Å². The van der Waals surface area contributed by atoms with E-state index in [4.69, 9.17) is 10.5 Å². The van der Waals surface area contributed by atoms with Crippen molar-refractivity contribution >= 4 is 38.3 Å². The second kappa shape index (κ2) is 6.26. The number of nitrogens with two attached hydrogens (primary N) is 1. The van der Waals surface area contributed by atoms with Crippen molar-refractivity contribution in [1.82, 2.24) is 4.98 Å². The minimum atomic E-state index is -0.151. The molecule has 0 spiro atoms. The van der Waals surface area contributed by atoms with E-state index in [1.807, 2.05) is 38.1 Å². The van der Waals surface area contributed by atoms with Crippen LogP contribution >= 0.6 is 11.3 Å². The zero-order valence-corrected chi connectivity index (χ0v) is 13.7. The van der Waals surface area contributed by atoms with Gasteiger partial charge < -0.3 is 15.8 Å². The molecule has 1 amide bonds. The maximum Gasteiger partial charge on any atom is 0.255 e. The molecule has 0 atom stereocenters. The van der Waals surface area contributed by atoms with Crippen LogP contribution in [0.4, 0.5) is 10.8 Å². The standard InChI is InChI=1S/C17H17N3O2S/c1-3-22-13-8-11(9-14-15(13)20-17(18)23-14)19-16(21)12-7-5-4-6-10(12)2/h4-9H,3H2,1-2H3,(H2,18,20)(H,19,21). The highest BCUT2D eigenvalue weighted by atomic mass is 32.1. The first-order chi connectivity index (χ1) is 11.1. The third-order valence-corrected chi connectivity index (χ3v) is 4.26. The van der Waals surface area contributed by atoms with Gasteiger partial charge in [-0.15, -0.1) is 0 Å². The molecule has 6 heteroatoms. The summed E-state index contributed by atoms with van der Waals surface area (Å²) in [5.74, 6) is 0.473. The van der Waals surface area contributed by atoms with Crippen molar-refractivity contribution in [3.05, 3.63) is 47.5 Å². The van der Waals surface area contributed by atoms with E-state index in [2.05, 4.69) is 10.3 Å². The first-order valence-corrected chi connectivity index (χ1v) is 8.10. The Bertz CT molecular complexity index is 873.